The molecule has 0 fully saturated rings. The van der Waals surface area contributed by atoms with Crippen LogP contribution >= 0.6 is 24.0 Å². The summed E-state index contributed by atoms with van der Waals surface area (Å²) in [4.78, 5) is 8.59. The fourth-order valence-electron chi connectivity index (χ4n) is 1.55. The van der Waals surface area contributed by atoms with E-state index in [4.69, 9.17) is 22.1 Å². The second-order valence-electron chi connectivity index (χ2n) is 3.86. The number of aromatic nitrogens is 2. The van der Waals surface area contributed by atoms with Crippen LogP contribution in [0.3, 0.4) is 0 Å². The van der Waals surface area contributed by atoms with E-state index in [2.05, 4.69) is 9.97 Å². The average Bonchev–Trinajstić information content (AvgIpc) is 2.37. The van der Waals surface area contributed by atoms with Crippen molar-refractivity contribution in [1.82, 2.24) is 9.97 Å². The molecule has 4 nitrogen and oxygen atoms in total. The molecule has 0 unspecified atom stereocenters. The molecule has 6 heteroatoms. The van der Waals surface area contributed by atoms with Crippen LogP contribution in [0.15, 0.2) is 30.3 Å². The van der Waals surface area contributed by atoms with Crippen molar-refractivity contribution in [2.45, 2.75) is 20.1 Å². The van der Waals surface area contributed by atoms with Crippen molar-refractivity contribution >= 4 is 24.0 Å². The quantitative estimate of drug-likeness (QED) is 0.943. The molecule has 1 aromatic heterocycles. The third kappa shape index (κ3) is 4.67. The Morgan fingerprint density at radius 1 is 1.21 bits per heavy atom. The lowest BCUT2D eigenvalue weighted by atomic mass is 10.3. The number of hydrogen-bond acceptors (Lipinski definition) is 4. The Kier molecular flexibility index (Phi) is 6.02. The maximum absolute atomic E-state index is 5.80. The molecule has 0 atom stereocenters. The molecule has 2 rings (SSSR count). The van der Waals surface area contributed by atoms with Gasteiger partial charge in [-0.3, -0.25) is 0 Å². The highest BCUT2D eigenvalue weighted by Gasteiger charge is 2.02. The summed E-state index contributed by atoms with van der Waals surface area (Å²) < 4.78 is 5.58. The molecule has 0 amide bonds. The zero-order valence-electron chi connectivity index (χ0n) is 10.5. The van der Waals surface area contributed by atoms with Crippen LogP contribution in [0, 0.1) is 6.92 Å². The zero-order valence-corrected chi connectivity index (χ0v) is 12.0. The van der Waals surface area contributed by atoms with Gasteiger partial charge in [-0.25, -0.2) is 9.97 Å². The molecule has 1 heterocycles. The molecule has 19 heavy (non-hydrogen) atoms. The Morgan fingerprint density at radius 3 is 2.53 bits per heavy atom. The van der Waals surface area contributed by atoms with E-state index < -0.39 is 0 Å². The molecule has 2 aromatic rings. The predicted octanol–water partition coefficient (Wildman–Crippen LogP) is 2.90. The molecule has 0 aliphatic rings. The van der Waals surface area contributed by atoms with Gasteiger partial charge in [0.05, 0.1) is 5.69 Å². The number of nitrogens with two attached hydrogens (primary N) is 1. The Hall–Kier alpha value is -1.36. The van der Waals surface area contributed by atoms with Gasteiger partial charge in [-0.15, -0.1) is 12.4 Å². The SMILES string of the molecule is Cc1cc(CN)nc(COc2ccc(Cl)cc2)n1.Cl. The first kappa shape index (κ1) is 15.7. The zero-order chi connectivity index (χ0) is 13.0. The van der Waals surface area contributed by atoms with E-state index >= 15 is 0 Å². The van der Waals surface area contributed by atoms with Gasteiger partial charge in [-0.1, -0.05) is 11.6 Å². The van der Waals surface area contributed by atoms with Crippen molar-refractivity contribution in [3.05, 3.63) is 52.6 Å². The van der Waals surface area contributed by atoms with Gasteiger partial charge >= 0.3 is 0 Å². The normalized spacial score (nSPS) is 9.84. The predicted molar refractivity (Wildman–Crippen MR) is 77.7 cm³/mol. The number of rotatable bonds is 4. The van der Waals surface area contributed by atoms with Gasteiger partial charge in [0, 0.05) is 17.3 Å². The van der Waals surface area contributed by atoms with Gasteiger partial charge in [0.15, 0.2) is 5.82 Å². The third-order valence-electron chi connectivity index (χ3n) is 2.34. The van der Waals surface area contributed by atoms with E-state index in [9.17, 15) is 0 Å². The minimum atomic E-state index is 0. The fourth-order valence-corrected chi connectivity index (χ4v) is 1.67. The fraction of sp³-hybridized carbons (Fsp3) is 0.231. The first-order valence-electron chi connectivity index (χ1n) is 5.59. The van der Waals surface area contributed by atoms with Crippen molar-refractivity contribution < 1.29 is 4.74 Å². The summed E-state index contributed by atoms with van der Waals surface area (Å²) in [6.45, 7) is 2.63. The van der Waals surface area contributed by atoms with Crippen LogP contribution in [0.5, 0.6) is 5.75 Å². The van der Waals surface area contributed by atoms with Crippen LogP contribution in [0.1, 0.15) is 17.2 Å². The van der Waals surface area contributed by atoms with E-state index in [1.54, 1.807) is 12.1 Å². The standard InChI is InChI=1S/C13H14ClN3O.ClH/c1-9-6-11(7-15)17-13(16-9)8-18-12-4-2-10(14)3-5-12;/h2-6H,7-8,15H2,1H3;1H. The Labute approximate surface area is 123 Å². The monoisotopic (exact) mass is 299 g/mol. The van der Waals surface area contributed by atoms with Gasteiger partial charge in [-0.05, 0) is 37.3 Å². The minimum Gasteiger partial charge on any atom is -0.486 e. The summed E-state index contributed by atoms with van der Waals surface area (Å²) in [6, 6.07) is 9.04. The molecule has 102 valence electrons. The van der Waals surface area contributed by atoms with Crippen molar-refractivity contribution in [3.63, 3.8) is 0 Å². The largest absolute Gasteiger partial charge is 0.486 e. The number of halogens is 2. The molecule has 2 N–H and O–H groups in total. The van der Waals surface area contributed by atoms with Crippen LogP contribution in [-0.2, 0) is 13.2 Å². The van der Waals surface area contributed by atoms with E-state index in [0.717, 1.165) is 17.1 Å². The molecule has 0 spiro atoms. The smallest absolute Gasteiger partial charge is 0.166 e. The summed E-state index contributed by atoms with van der Waals surface area (Å²) >= 11 is 5.80. The van der Waals surface area contributed by atoms with Crippen LogP contribution in [0.4, 0.5) is 0 Å². The molecule has 0 bridgehead atoms. The Balaban J connectivity index is 0.00000180. The maximum Gasteiger partial charge on any atom is 0.166 e. The number of benzene rings is 1. The van der Waals surface area contributed by atoms with E-state index in [0.29, 0.717) is 24.0 Å². The summed E-state index contributed by atoms with van der Waals surface area (Å²) in [7, 11) is 0. The number of aryl methyl sites for hydroxylation is 1. The van der Waals surface area contributed by atoms with Crippen LogP contribution in [0.2, 0.25) is 5.02 Å². The van der Waals surface area contributed by atoms with Crippen molar-refractivity contribution in [3.8, 4) is 5.75 Å². The summed E-state index contributed by atoms with van der Waals surface area (Å²) in [5.74, 6) is 1.37. The molecule has 1 aromatic carbocycles. The van der Waals surface area contributed by atoms with Crippen molar-refractivity contribution in [2.24, 2.45) is 5.73 Å². The lowest BCUT2D eigenvalue weighted by Gasteiger charge is -2.07. The molecule has 0 saturated heterocycles. The summed E-state index contributed by atoms with van der Waals surface area (Å²) in [5, 5.41) is 0.680. The van der Waals surface area contributed by atoms with Crippen LogP contribution in [0.25, 0.3) is 0 Å². The summed E-state index contributed by atoms with van der Waals surface area (Å²) in [6.07, 6.45) is 0. The van der Waals surface area contributed by atoms with Gasteiger partial charge in [0.1, 0.15) is 12.4 Å². The molecule has 0 saturated carbocycles. The topological polar surface area (TPSA) is 61.0 Å². The van der Waals surface area contributed by atoms with Crippen molar-refractivity contribution in [2.75, 3.05) is 0 Å². The van der Waals surface area contributed by atoms with Gasteiger partial charge < -0.3 is 10.5 Å². The highest BCUT2D eigenvalue weighted by molar-refractivity contribution is 6.30. The number of ether oxygens (including phenoxy) is 1. The van der Waals surface area contributed by atoms with Crippen molar-refractivity contribution in [1.29, 1.82) is 0 Å². The molecule has 0 aliphatic heterocycles. The Morgan fingerprint density at radius 2 is 1.89 bits per heavy atom. The Bertz CT molecular complexity index is 532. The first-order valence-corrected chi connectivity index (χ1v) is 5.97. The van der Waals surface area contributed by atoms with E-state index in [1.165, 1.54) is 0 Å². The summed E-state index contributed by atoms with van der Waals surface area (Å²) in [5.41, 5.74) is 7.27. The molecular weight excluding hydrogens is 285 g/mol. The molecular formula is C13H15Cl2N3O. The molecule has 0 aliphatic carbocycles. The number of nitrogens with zero attached hydrogens (tertiary/aromatic N) is 2. The van der Waals surface area contributed by atoms with Gasteiger partial charge in [-0.2, -0.15) is 0 Å². The van der Waals surface area contributed by atoms with Crippen LogP contribution < -0.4 is 10.5 Å². The first-order chi connectivity index (χ1) is 8.67. The van der Waals surface area contributed by atoms with Crippen LogP contribution in [-0.4, -0.2) is 9.97 Å². The highest BCUT2D eigenvalue weighted by Crippen LogP contribution is 2.16. The lowest BCUT2D eigenvalue weighted by Crippen LogP contribution is -2.08. The van der Waals surface area contributed by atoms with Gasteiger partial charge in [0.25, 0.3) is 0 Å². The van der Waals surface area contributed by atoms with Gasteiger partial charge in [0.2, 0.25) is 0 Å². The van der Waals surface area contributed by atoms with E-state index in [1.807, 2.05) is 25.1 Å². The second-order valence-corrected chi connectivity index (χ2v) is 4.30. The number of hydrogen-bond donors (Lipinski definition) is 1. The third-order valence-corrected chi connectivity index (χ3v) is 2.60. The van der Waals surface area contributed by atoms with E-state index in [-0.39, 0.29) is 12.4 Å². The lowest BCUT2D eigenvalue weighted by molar-refractivity contribution is 0.295. The molecule has 0 radical (unpaired) electrons. The average molecular weight is 300 g/mol. The maximum atomic E-state index is 5.80. The second kappa shape index (κ2) is 7.28. The highest BCUT2D eigenvalue weighted by atomic mass is 35.5. The minimum absolute atomic E-state index is 0.